The van der Waals surface area contributed by atoms with E-state index in [-0.39, 0.29) is 11.4 Å². The zero-order valence-electron chi connectivity index (χ0n) is 12.0. The van der Waals surface area contributed by atoms with Crippen molar-refractivity contribution in [2.75, 3.05) is 38.7 Å². The van der Waals surface area contributed by atoms with Crippen LogP contribution in [0.5, 0.6) is 5.88 Å². The van der Waals surface area contributed by atoms with Gasteiger partial charge >= 0.3 is 5.97 Å². The van der Waals surface area contributed by atoms with Gasteiger partial charge in [-0.05, 0) is 27.4 Å². The molecule has 1 aliphatic heterocycles. The highest BCUT2D eigenvalue weighted by Gasteiger charge is 2.27. The number of carboxylic acid groups (broad SMARTS) is 1. The maximum Gasteiger partial charge on any atom is 0.342 e. The molecule has 1 atom stereocenters. The van der Waals surface area contributed by atoms with Crippen LogP contribution in [0.2, 0.25) is 0 Å². The van der Waals surface area contributed by atoms with Crippen LogP contribution in [0, 0.1) is 0 Å². The SMILES string of the molecule is CCOc1nc(N2CC[C@H](N(C)C)C2)ncc1C(=O)O. The molecule has 0 bridgehead atoms. The first-order chi connectivity index (χ1) is 9.52. The normalized spacial score (nSPS) is 18.6. The second-order valence-electron chi connectivity index (χ2n) is 4.98. The molecule has 0 aliphatic carbocycles. The van der Waals surface area contributed by atoms with E-state index in [9.17, 15) is 4.79 Å². The van der Waals surface area contributed by atoms with Crippen LogP contribution < -0.4 is 9.64 Å². The second-order valence-corrected chi connectivity index (χ2v) is 4.98. The molecule has 1 saturated heterocycles. The molecule has 20 heavy (non-hydrogen) atoms. The fraction of sp³-hybridized carbons (Fsp3) is 0.615. The summed E-state index contributed by atoms with van der Waals surface area (Å²) in [5, 5.41) is 9.08. The average Bonchev–Trinajstić information content (AvgIpc) is 2.88. The van der Waals surface area contributed by atoms with Crippen LogP contribution in [0.25, 0.3) is 0 Å². The highest BCUT2D eigenvalue weighted by atomic mass is 16.5. The summed E-state index contributed by atoms with van der Waals surface area (Å²) in [6.07, 6.45) is 2.36. The first kappa shape index (κ1) is 14.5. The number of ether oxygens (including phenoxy) is 1. The Kier molecular flexibility index (Phi) is 4.39. The molecule has 7 nitrogen and oxygen atoms in total. The number of anilines is 1. The van der Waals surface area contributed by atoms with Crippen LogP contribution in [0.15, 0.2) is 6.20 Å². The average molecular weight is 280 g/mol. The number of hydrogen-bond donors (Lipinski definition) is 1. The Labute approximate surface area is 118 Å². The maximum atomic E-state index is 11.1. The van der Waals surface area contributed by atoms with Crippen molar-refractivity contribution in [1.82, 2.24) is 14.9 Å². The van der Waals surface area contributed by atoms with Crippen molar-refractivity contribution in [3.63, 3.8) is 0 Å². The van der Waals surface area contributed by atoms with Gasteiger partial charge in [0.1, 0.15) is 5.56 Å². The molecule has 0 amide bonds. The molecule has 1 aliphatic rings. The minimum Gasteiger partial charge on any atom is -0.477 e. The summed E-state index contributed by atoms with van der Waals surface area (Å²) >= 11 is 0. The van der Waals surface area contributed by atoms with E-state index in [1.807, 2.05) is 14.1 Å². The molecular formula is C13H20N4O3. The molecule has 1 aromatic rings. The van der Waals surface area contributed by atoms with Crippen LogP contribution in [0.4, 0.5) is 5.95 Å². The van der Waals surface area contributed by atoms with Crippen molar-refractivity contribution in [1.29, 1.82) is 0 Å². The van der Waals surface area contributed by atoms with Gasteiger partial charge in [-0.15, -0.1) is 0 Å². The zero-order valence-corrected chi connectivity index (χ0v) is 12.0. The van der Waals surface area contributed by atoms with Crippen molar-refractivity contribution in [3.05, 3.63) is 11.8 Å². The summed E-state index contributed by atoms with van der Waals surface area (Å²) < 4.78 is 5.30. The van der Waals surface area contributed by atoms with Crippen molar-refractivity contribution in [3.8, 4) is 5.88 Å². The fourth-order valence-corrected chi connectivity index (χ4v) is 2.25. The van der Waals surface area contributed by atoms with E-state index in [0.29, 0.717) is 18.6 Å². The standard InChI is InChI=1S/C13H20N4O3/c1-4-20-11-10(12(18)19)7-14-13(15-11)17-6-5-9(8-17)16(2)3/h7,9H,4-6,8H2,1-3H3,(H,18,19)/t9-/m0/s1. The minimum absolute atomic E-state index is 0.000966. The van der Waals surface area contributed by atoms with E-state index in [0.717, 1.165) is 19.5 Å². The molecule has 7 heteroatoms. The summed E-state index contributed by atoms with van der Waals surface area (Å²) in [6.45, 7) is 3.87. The van der Waals surface area contributed by atoms with Gasteiger partial charge in [-0.2, -0.15) is 4.98 Å². The monoisotopic (exact) mass is 280 g/mol. The summed E-state index contributed by atoms with van der Waals surface area (Å²) in [5.41, 5.74) is -0.000966. The van der Waals surface area contributed by atoms with Crippen molar-refractivity contribution < 1.29 is 14.6 Å². The lowest BCUT2D eigenvalue weighted by Gasteiger charge is -2.20. The molecule has 110 valence electrons. The third kappa shape index (κ3) is 2.98. The van der Waals surface area contributed by atoms with Crippen LogP contribution in [0.1, 0.15) is 23.7 Å². The first-order valence-corrected chi connectivity index (χ1v) is 6.67. The van der Waals surface area contributed by atoms with E-state index in [1.165, 1.54) is 6.20 Å². The third-order valence-corrected chi connectivity index (χ3v) is 3.43. The quantitative estimate of drug-likeness (QED) is 0.851. The Morgan fingerprint density at radius 3 is 2.90 bits per heavy atom. The van der Waals surface area contributed by atoms with E-state index in [2.05, 4.69) is 19.8 Å². The number of nitrogens with zero attached hydrogens (tertiary/aromatic N) is 4. The molecule has 1 N–H and O–H groups in total. The van der Waals surface area contributed by atoms with E-state index in [1.54, 1.807) is 6.92 Å². The number of carbonyl (C=O) groups is 1. The maximum absolute atomic E-state index is 11.1. The molecule has 2 rings (SSSR count). The summed E-state index contributed by atoms with van der Waals surface area (Å²) in [4.78, 5) is 23.7. The van der Waals surface area contributed by atoms with Crippen LogP contribution in [0.3, 0.4) is 0 Å². The van der Waals surface area contributed by atoms with E-state index < -0.39 is 5.97 Å². The topological polar surface area (TPSA) is 78.8 Å². The number of carboxylic acids is 1. The number of aromatic nitrogens is 2. The summed E-state index contributed by atoms with van der Waals surface area (Å²) in [5.74, 6) is -0.409. The lowest BCUT2D eigenvalue weighted by Crippen LogP contribution is -2.32. The van der Waals surface area contributed by atoms with Gasteiger partial charge in [0, 0.05) is 19.1 Å². The number of hydrogen-bond acceptors (Lipinski definition) is 6. The predicted molar refractivity (Wildman–Crippen MR) is 74.5 cm³/mol. The molecular weight excluding hydrogens is 260 g/mol. The Bertz CT molecular complexity index is 493. The highest BCUT2D eigenvalue weighted by Crippen LogP contribution is 2.23. The van der Waals surface area contributed by atoms with Gasteiger partial charge in [-0.25, -0.2) is 9.78 Å². The van der Waals surface area contributed by atoms with E-state index >= 15 is 0 Å². The van der Waals surface area contributed by atoms with Crippen LogP contribution in [-0.4, -0.2) is 65.8 Å². The molecule has 0 aromatic carbocycles. The highest BCUT2D eigenvalue weighted by molar-refractivity contribution is 5.89. The predicted octanol–water partition coefficient (Wildman–Crippen LogP) is 0.714. The summed E-state index contributed by atoms with van der Waals surface area (Å²) in [7, 11) is 4.10. The molecule has 2 heterocycles. The van der Waals surface area contributed by atoms with Crippen molar-refractivity contribution in [2.24, 2.45) is 0 Å². The fourth-order valence-electron chi connectivity index (χ4n) is 2.25. The smallest absolute Gasteiger partial charge is 0.342 e. The molecule has 0 unspecified atom stereocenters. The molecule has 0 spiro atoms. The number of rotatable bonds is 5. The molecule has 0 saturated carbocycles. The van der Waals surface area contributed by atoms with Gasteiger partial charge in [0.2, 0.25) is 11.8 Å². The Balaban J connectivity index is 2.21. The van der Waals surface area contributed by atoms with Crippen LogP contribution >= 0.6 is 0 Å². The van der Waals surface area contributed by atoms with Gasteiger partial charge < -0.3 is 19.6 Å². The minimum atomic E-state index is -1.08. The van der Waals surface area contributed by atoms with Crippen molar-refractivity contribution >= 4 is 11.9 Å². The van der Waals surface area contributed by atoms with Crippen molar-refractivity contribution in [2.45, 2.75) is 19.4 Å². The molecule has 0 radical (unpaired) electrons. The van der Waals surface area contributed by atoms with Gasteiger partial charge in [-0.3, -0.25) is 0 Å². The largest absolute Gasteiger partial charge is 0.477 e. The Hall–Kier alpha value is -1.89. The Morgan fingerprint density at radius 2 is 2.35 bits per heavy atom. The van der Waals surface area contributed by atoms with Gasteiger partial charge in [-0.1, -0.05) is 0 Å². The van der Waals surface area contributed by atoms with Gasteiger partial charge in [0.25, 0.3) is 0 Å². The van der Waals surface area contributed by atoms with Gasteiger partial charge in [0.15, 0.2) is 0 Å². The first-order valence-electron chi connectivity index (χ1n) is 6.67. The second kappa shape index (κ2) is 6.04. The lowest BCUT2D eigenvalue weighted by molar-refractivity contribution is 0.0691. The third-order valence-electron chi connectivity index (χ3n) is 3.43. The van der Waals surface area contributed by atoms with Crippen LogP contribution in [-0.2, 0) is 0 Å². The molecule has 1 fully saturated rings. The number of likely N-dealkylation sites (N-methyl/N-ethyl adjacent to an activating group) is 1. The lowest BCUT2D eigenvalue weighted by atomic mass is 10.2. The van der Waals surface area contributed by atoms with E-state index in [4.69, 9.17) is 9.84 Å². The van der Waals surface area contributed by atoms with Gasteiger partial charge in [0.05, 0.1) is 12.8 Å². The zero-order chi connectivity index (χ0) is 14.7. The Morgan fingerprint density at radius 1 is 1.60 bits per heavy atom. The molecule has 1 aromatic heterocycles. The number of aromatic carboxylic acids is 1. The summed E-state index contributed by atoms with van der Waals surface area (Å²) in [6, 6.07) is 0.466.